The fraction of sp³-hybridized carbons (Fsp3) is 0.500. The van der Waals surface area contributed by atoms with Crippen LogP contribution in [0.25, 0.3) is 0 Å². The van der Waals surface area contributed by atoms with Crippen LogP contribution >= 0.6 is 0 Å². The Labute approximate surface area is 102 Å². The quantitative estimate of drug-likeness (QED) is 0.838. The summed E-state index contributed by atoms with van der Waals surface area (Å²) in [7, 11) is 0. The third kappa shape index (κ3) is 3.34. The molecule has 0 aliphatic heterocycles. The van der Waals surface area contributed by atoms with Crippen LogP contribution in [0, 0.1) is 6.92 Å². The number of hydrogen-bond donors (Lipinski definition) is 2. The molecular formula is C12H20N4O. The van der Waals surface area contributed by atoms with Crippen LogP contribution in [-0.2, 0) is 6.42 Å². The predicted octanol–water partition coefficient (Wildman–Crippen LogP) is 1.91. The highest BCUT2D eigenvalue weighted by Crippen LogP contribution is 2.07. The molecule has 1 rings (SSSR count). The van der Waals surface area contributed by atoms with E-state index in [1.807, 2.05) is 13.8 Å². The number of nitrogens with one attached hydrogen (secondary N) is 1. The molecule has 1 aromatic heterocycles. The highest BCUT2D eigenvalue weighted by Gasteiger charge is 2.11. The van der Waals surface area contributed by atoms with E-state index in [-0.39, 0.29) is 6.03 Å². The third-order valence-electron chi connectivity index (χ3n) is 2.59. The van der Waals surface area contributed by atoms with Crippen LogP contribution in [0.5, 0.6) is 0 Å². The second-order valence-electron chi connectivity index (χ2n) is 3.90. The molecule has 1 aromatic rings. The highest BCUT2D eigenvalue weighted by atomic mass is 16.2. The zero-order valence-electron chi connectivity index (χ0n) is 10.7. The van der Waals surface area contributed by atoms with E-state index in [0.717, 1.165) is 30.5 Å². The number of allylic oxidation sites excluding steroid dienone is 1. The minimum Gasteiger partial charge on any atom is -0.385 e. The van der Waals surface area contributed by atoms with Crippen LogP contribution in [0.3, 0.4) is 0 Å². The monoisotopic (exact) mass is 236 g/mol. The first-order valence-corrected chi connectivity index (χ1v) is 5.90. The number of carbonyl (C=O) groups is 1. The molecule has 94 valence electrons. The normalized spacial score (nSPS) is 11.6. The lowest BCUT2D eigenvalue weighted by atomic mass is 10.2. The van der Waals surface area contributed by atoms with Gasteiger partial charge in [0.05, 0.1) is 6.20 Å². The van der Waals surface area contributed by atoms with Gasteiger partial charge in [-0.2, -0.15) is 9.78 Å². The Bertz CT molecular complexity index is 420. The van der Waals surface area contributed by atoms with E-state index in [2.05, 4.69) is 17.3 Å². The van der Waals surface area contributed by atoms with Gasteiger partial charge in [0.25, 0.3) is 0 Å². The SMILES string of the molecule is CCC/C=C(\N)NC(=O)n1ncc(CC)c1C. The second-order valence-corrected chi connectivity index (χ2v) is 3.90. The number of nitrogens with zero attached hydrogens (tertiary/aromatic N) is 2. The van der Waals surface area contributed by atoms with E-state index >= 15 is 0 Å². The number of rotatable bonds is 4. The molecule has 0 fully saturated rings. The van der Waals surface area contributed by atoms with Gasteiger partial charge in [-0.15, -0.1) is 0 Å². The van der Waals surface area contributed by atoms with Gasteiger partial charge in [0.1, 0.15) is 5.82 Å². The molecular weight excluding hydrogens is 216 g/mol. The van der Waals surface area contributed by atoms with Crippen LogP contribution in [0.4, 0.5) is 4.79 Å². The Hall–Kier alpha value is -1.78. The van der Waals surface area contributed by atoms with E-state index in [0.29, 0.717) is 5.82 Å². The van der Waals surface area contributed by atoms with Gasteiger partial charge in [0.15, 0.2) is 0 Å². The summed E-state index contributed by atoms with van der Waals surface area (Å²) >= 11 is 0. The number of hydrogen-bond acceptors (Lipinski definition) is 3. The van der Waals surface area contributed by atoms with Crippen molar-refractivity contribution in [2.45, 2.75) is 40.0 Å². The molecule has 0 aliphatic rings. The predicted molar refractivity (Wildman–Crippen MR) is 67.5 cm³/mol. The summed E-state index contributed by atoms with van der Waals surface area (Å²) in [5, 5.41) is 6.65. The number of aromatic nitrogens is 2. The van der Waals surface area contributed by atoms with Crippen molar-refractivity contribution in [3.05, 3.63) is 29.4 Å². The van der Waals surface area contributed by atoms with Crippen molar-refractivity contribution in [3.63, 3.8) is 0 Å². The van der Waals surface area contributed by atoms with Crippen molar-refractivity contribution in [2.75, 3.05) is 0 Å². The third-order valence-corrected chi connectivity index (χ3v) is 2.59. The number of carbonyl (C=O) groups excluding carboxylic acids is 1. The Morgan fingerprint density at radius 3 is 2.82 bits per heavy atom. The van der Waals surface area contributed by atoms with Gasteiger partial charge in [-0.05, 0) is 31.4 Å². The molecule has 5 nitrogen and oxygen atoms in total. The summed E-state index contributed by atoms with van der Waals surface area (Å²) < 4.78 is 1.34. The number of nitrogens with two attached hydrogens (primary N) is 1. The standard InChI is InChI=1S/C12H20N4O/c1-4-6-7-11(13)15-12(17)16-9(3)10(5-2)8-14-16/h7-8H,4-6,13H2,1-3H3,(H,15,17)/b11-7+. The molecule has 0 radical (unpaired) electrons. The van der Waals surface area contributed by atoms with Crippen molar-refractivity contribution in [1.82, 2.24) is 15.1 Å². The highest BCUT2D eigenvalue weighted by molar-refractivity contribution is 5.78. The molecule has 0 atom stereocenters. The van der Waals surface area contributed by atoms with Crippen molar-refractivity contribution in [3.8, 4) is 0 Å². The van der Waals surface area contributed by atoms with Gasteiger partial charge in [0, 0.05) is 5.69 Å². The molecule has 3 N–H and O–H groups in total. The number of amides is 1. The lowest BCUT2D eigenvalue weighted by molar-refractivity contribution is 0.241. The van der Waals surface area contributed by atoms with E-state index in [9.17, 15) is 4.79 Å². The van der Waals surface area contributed by atoms with Crippen LogP contribution < -0.4 is 11.1 Å². The van der Waals surface area contributed by atoms with Crippen LogP contribution in [0.2, 0.25) is 0 Å². The Balaban J connectivity index is 2.73. The zero-order chi connectivity index (χ0) is 12.8. The van der Waals surface area contributed by atoms with E-state index < -0.39 is 0 Å². The summed E-state index contributed by atoms with van der Waals surface area (Å²) in [6, 6.07) is -0.313. The average molecular weight is 236 g/mol. The van der Waals surface area contributed by atoms with E-state index in [1.165, 1.54) is 4.68 Å². The molecule has 1 amide bonds. The fourth-order valence-corrected chi connectivity index (χ4v) is 1.52. The van der Waals surface area contributed by atoms with Gasteiger partial charge in [-0.1, -0.05) is 20.3 Å². The van der Waals surface area contributed by atoms with Gasteiger partial charge < -0.3 is 5.73 Å². The Kier molecular flexibility index (Phi) is 4.75. The van der Waals surface area contributed by atoms with Crippen molar-refractivity contribution in [1.29, 1.82) is 0 Å². The maximum atomic E-state index is 11.8. The summed E-state index contributed by atoms with van der Waals surface area (Å²) in [6.45, 7) is 5.95. The van der Waals surface area contributed by atoms with E-state index in [4.69, 9.17) is 5.73 Å². The molecule has 1 heterocycles. The van der Waals surface area contributed by atoms with Crippen molar-refractivity contribution in [2.24, 2.45) is 5.73 Å². The van der Waals surface area contributed by atoms with Gasteiger partial charge in [0.2, 0.25) is 0 Å². The topological polar surface area (TPSA) is 72.9 Å². The van der Waals surface area contributed by atoms with Gasteiger partial charge in [-0.3, -0.25) is 5.32 Å². The molecule has 0 spiro atoms. The summed E-state index contributed by atoms with van der Waals surface area (Å²) in [4.78, 5) is 11.8. The lowest BCUT2D eigenvalue weighted by Gasteiger charge is -2.06. The number of aryl methyl sites for hydroxylation is 1. The lowest BCUT2D eigenvalue weighted by Crippen LogP contribution is -2.32. The fourth-order valence-electron chi connectivity index (χ4n) is 1.52. The first kappa shape index (κ1) is 13.3. The van der Waals surface area contributed by atoms with Crippen LogP contribution in [0.1, 0.15) is 37.9 Å². The molecule has 0 saturated carbocycles. The molecule has 5 heteroatoms. The smallest absolute Gasteiger partial charge is 0.347 e. The minimum absolute atomic E-state index is 0.313. The molecule has 0 aromatic carbocycles. The molecule has 17 heavy (non-hydrogen) atoms. The summed E-state index contributed by atoms with van der Waals surface area (Å²) in [6.07, 6.45) is 6.22. The van der Waals surface area contributed by atoms with E-state index in [1.54, 1.807) is 12.3 Å². The maximum Gasteiger partial charge on any atom is 0.347 e. The Morgan fingerprint density at radius 1 is 1.59 bits per heavy atom. The summed E-state index contributed by atoms with van der Waals surface area (Å²) in [5.74, 6) is 0.379. The van der Waals surface area contributed by atoms with Gasteiger partial charge >= 0.3 is 6.03 Å². The largest absolute Gasteiger partial charge is 0.385 e. The minimum atomic E-state index is -0.313. The van der Waals surface area contributed by atoms with Crippen LogP contribution in [0.15, 0.2) is 18.1 Å². The maximum absolute atomic E-state index is 11.8. The molecule has 0 bridgehead atoms. The second kappa shape index (κ2) is 6.08. The molecule has 0 aliphatic carbocycles. The molecule has 0 unspecified atom stereocenters. The van der Waals surface area contributed by atoms with Crippen molar-refractivity contribution >= 4 is 6.03 Å². The van der Waals surface area contributed by atoms with Crippen LogP contribution in [-0.4, -0.2) is 15.8 Å². The first-order chi connectivity index (χ1) is 8.10. The summed E-state index contributed by atoms with van der Waals surface area (Å²) in [5.41, 5.74) is 7.60. The van der Waals surface area contributed by atoms with Crippen molar-refractivity contribution < 1.29 is 4.79 Å². The average Bonchev–Trinajstić information content (AvgIpc) is 2.67. The van der Waals surface area contributed by atoms with Gasteiger partial charge in [-0.25, -0.2) is 4.79 Å². The Morgan fingerprint density at radius 2 is 2.29 bits per heavy atom. The number of unbranched alkanes of at least 4 members (excludes halogenated alkanes) is 1. The zero-order valence-corrected chi connectivity index (χ0v) is 10.7. The first-order valence-electron chi connectivity index (χ1n) is 5.90. The molecule has 0 saturated heterocycles.